The number of tetrazole rings is 1. The van der Waals surface area contributed by atoms with Crippen LogP contribution >= 0.6 is 0 Å². The van der Waals surface area contributed by atoms with E-state index in [2.05, 4.69) is 20.8 Å². The first-order chi connectivity index (χ1) is 13.4. The fraction of sp³-hybridized carbons (Fsp3) is 0.500. The topological polar surface area (TPSA) is 122 Å². The van der Waals surface area contributed by atoms with Crippen LogP contribution in [0.15, 0.2) is 18.2 Å². The molecule has 1 saturated heterocycles. The van der Waals surface area contributed by atoms with E-state index in [-0.39, 0.29) is 12.6 Å². The number of ether oxygens (including phenoxy) is 1. The van der Waals surface area contributed by atoms with E-state index < -0.39 is 11.4 Å². The largest absolute Gasteiger partial charge is 0.494 e. The number of methoxy groups -OCH3 is 1. The summed E-state index contributed by atoms with van der Waals surface area (Å²) in [5, 5.41) is 24.1. The lowest BCUT2D eigenvalue weighted by Gasteiger charge is -2.21. The number of aromatic nitrogens is 4. The minimum atomic E-state index is -0.909. The third kappa shape index (κ3) is 3.25. The van der Waals surface area contributed by atoms with Crippen LogP contribution < -0.4 is 10.1 Å². The average Bonchev–Trinajstić information content (AvgIpc) is 3.25. The summed E-state index contributed by atoms with van der Waals surface area (Å²) < 4.78 is 7.08. The minimum absolute atomic E-state index is 0.177. The highest BCUT2D eigenvalue weighted by atomic mass is 16.5. The molecule has 148 valence electrons. The molecule has 0 spiro atoms. The number of carboxylic acid groups (broad SMARTS) is 1. The number of hydrogen-bond acceptors (Lipinski definition) is 6. The van der Waals surface area contributed by atoms with Gasteiger partial charge in [-0.25, -0.2) is 4.79 Å². The van der Waals surface area contributed by atoms with E-state index in [1.807, 2.05) is 0 Å². The number of rotatable bonds is 5. The van der Waals surface area contributed by atoms with Crippen molar-refractivity contribution in [3.63, 3.8) is 0 Å². The predicted molar refractivity (Wildman–Crippen MR) is 98.6 cm³/mol. The third-order valence-corrected chi connectivity index (χ3v) is 5.37. The van der Waals surface area contributed by atoms with Crippen molar-refractivity contribution >= 4 is 17.7 Å². The number of aliphatic carboxylic acids is 1. The SMILES string of the molecule is COc1ccc(NC(=O)N2CCC(C)(C(=O)O)C2)cc1-n1nnnc1C1CC1. The van der Waals surface area contributed by atoms with Gasteiger partial charge in [-0.05, 0) is 54.8 Å². The number of hydrogen-bond donors (Lipinski definition) is 2. The van der Waals surface area contributed by atoms with Crippen molar-refractivity contribution in [2.24, 2.45) is 5.41 Å². The van der Waals surface area contributed by atoms with Gasteiger partial charge in [-0.15, -0.1) is 5.10 Å². The molecule has 1 unspecified atom stereocenters. The maximum atomic E-state index is 12.6. The van der Waals surface area contributed by atoms with Gasteiger partial charge in [0.2, 0.25) is 0 Å². The van der Waals surface area contributed by atoms with E-state index in [0.29, 0.717) is 36.0 Å². The summed E-state index contributed by atoms with van der Waals surface area (Å²) in [6.07, 6.45) is 2.53. The van der Waals surface area contributed by atoms with Gasteiger partial charge in [0.25, 0.3) is 0 Å². The molecule has 28 heavy (non-hydrogen) atoms. The smallest absolute Gasteiger partial charge is 0.321 e. The second-order valence-electron chi connectivity index (χ2n) is 7.58. The van der Waals surface area contributed by atoms with E-state index in [9.17, 15) is 14.7 Å². The molecule has 1 aromatic carbocycles. The van der Waals surface area contributed by atoms with Crippen molar-refractivity contribution < 1.29 is 19.4 Å². The third-order valence-electron chi connectivity index (χ3n) is 5.37. The van der Waals surface area contributed by atoms with Gasteiger partial charge in [-0.2, -0.15) is 4.68 Å². The fourth-order valence-electron chi connectivity index (χ4n) is 3.41. The van der Waals surface area contributed by atoms with Crippen LogP contribution in [0.3, 0.4) is 0 Å². The number of carboxylic acids is 1. The Morgan fingerprint density at radius 1 is 1.36 bits per heavy atom. The quantitative estimate of drug-likeness (QED) is 0.804. The second-order valence-corrected chi connectivity index (χ2v) is 7.58. The van der Waals surface area contributed by atoms with E-state index in [4.69, 9.17) is 4.74 Å². The number of anilines is 1. The average molecular weight is 386 g/mol. The van der Waals surface area contributed by atoms with Gasteiger partial charge < -0.3 is 20.1 Å². The number of nitrogens with one attached hydrogen (secondary N) is 1. The number of urea groups is 1. The van der Waals surface area contributed by atoms with Gasteiger partial charge in [-0.3, -0.25) is 4.79 Å². The highest BCUT2D eigenvalue weighted by molar-refractivity contribution is 5.91. The first kappa shape index (κ1) is 18.2. The summed E-state index contributed by atoms with van der Waals surface area (Å²) in [6.45, 7) is 2.23. The van der Waals surface area contributed by atoms with E-state index in [1.165, 1.54) is 4.90 Å². The molecule has 2 amide bonds. The van der Waals surface area contributed by atoms with E-state index in [1.54, 1.807) is 36.9 Å². The number of benzene rings is 1. The first-order valence-corrected chi connectivity index (χ1v) is 9.17. The van der Waals surface area contributed by atoms with E-state index >= 15 is 0 Å². The molecule has 2 fully saturated rings. The Hall–Kier alpha value is -3.17. The van der Waals surface area contributed by atoms with Crippen LogP contribution in [0.1, 0.15) is 37.9 Å². The minimum Gasteiger partial charge on any atom is -0.494 e. The Balaban J connectivity index is 1.55. The number of likely N-dealkylation sites (tertiary alicyclic amines) is 1. The molecule has 4 rings (SSSR count). The van der Waals surface area contributed by atoms with Crippen molar-refractivity contribution in [3.8, 4) is 11.4 Å². The molecule has 1 aliphatic heterocycles. The summed E-state index contributed by atoms with van der Waals surface area (Å²) in [7, 11) is 1.56. The van der Waals surface area contributed by atoms with Crippen LogP contribution in [0, 0.1) is 5.41 Å². The highest BCUT2D eigenvalue weighted by Crippen LogP contribution is 2.40. The lowest BCUT2D eigenvalue weighted by molar-refractivity contribution is -0.146. The zero-order valence-electron chi connectivity index (χ0n) is 15.8. The molecule has 0 radical (unpaired) electrons. The molecular weight excluding hydrogens is 364 g/mol. The summed E-state index contributed by atoms with van der Waals surface area (Å²) in [5.74, 6) is 0.822. The van der Waals surface area contributed by atoms with Crippen LogP contribution in [0.5, 0.6) is 5.75 Å². The van der Waals surface area contributed by atoms with Crippen LogP contribution in [0.25, 0.3) is 5.69 Å². The lowest BCUT2D eigenvalue weighted by Crippen LogP contribution is -2.37. The molecule has 1 saturated carbocycles. The maximum Gasteiger partial charge on any atom is 0.321 e. The molecular formula is C18H22N6O4. The fourth-order valence-corrected chi connectivity index (χ4v) is 3.41. The molecule has 2 aromatic rings. The van der Waals surface area contributed by atoms with Crippen LogP contribution in [0.2, 0.25) is 0 Å². The number of carbonyl (C=O) groups is 2. The van der Waals surface area contributed by atoms with Gasteiger partial charge in [0.15, 0.2) is 5.82 Å². The molecule has 1 atom stereocenters. The van der Waals surface area contributed by atoms with Gasteiger partial charge >= 0.3 is 12.0 Å². The first-order valence-electron chi connectivity index (χ1n) is 9.17. The van der Waals surface area contributed by atoms with Gasteiger partial charge in [0, 0.05) is 24.7 Å². The number of carbonyl (C=O) groups excluding carboxylic acids is 1. The van der Waals surface area contributed by atoms with Crippen molar-refractivity contribution in [1.29, 1.82) is 0 Å². The monoisotopic (exact) mass is 386 g/mol. The van der Waals surface area contributed by atoms with Crippen LogP contribution in [-0.4, -0.2) is 62.4 Å². The van der Waals surface area contributed by atoms with Gasteiger partial charge in [-0.1, -0.05) is 0 Å². The van der Waals surface area contributed by atoms with Crippen molar-refractivity contribution in [3.05, 3.63) is 24.0 Å². The Morgan fingerprint density at radius 3 is 2.79 bits per heavy atom. The van der Waals surface area contributed by atoms with Crippen LogP contribution in [0.4, 0.5) is 10.5 Å². The molecule has 0 bridgehead atoms. The van der Waals surface area contributed by atoms with Crippen LogP contribution in [-0.2, 0) is 4.79 Å². The molecule has 1 aliphatic carbocycles. The highest BCUT2D eigenvalue weighted by Gasteiger charge is 2.42. The Morgan fingerprint density at radius 2 is 2.14 bits per heavy atom. The molecule has 2 heterocycles. The normalized spacial score (nSPS) is 21.6. The van der Waals surface area contributed by atoms with E-state index in [0.717, 1.165) is 18.7 Å². The van der Waals surface area contributed by atoms with Crippen molar-refractivity contribution in [2.45, 2.75) is 32.1 Å². The number of nitrogens with zero attached hydrogens (tertiary/aromatic N) is 5. The summed E-state index contributed by atoms with van der Waals surface area (Å²) in [4.78, 5) is 25.5. The summed E-state index contributed by atoms with van der Waals surface area (Å²) in [6, 6.07) is 4.90. The summed E-state index contributed by atoms with van der Waals surface area (Å²) in [5.41, 5.74) is 0.291. The maximum absolute atomic E-state index is 12.6. The second kappa shape index (κ2) is 6.77. The predicted octanol–water partition coefficient (Wildman–Crippen LogP) is 1.88. The molecule has 10 heteroatoms. The van der Waals surface area contributed by atoms with Crippen molar-refractivity contribution in [2.75, 3.05) is 25.5 Å². The van der Waals surface area contributed by atoms with Gasteiger partial charge in [0.05, 0.1) is 12.5 Å². The lowest BCUT2D eigenvalue weighted by atomic mass is 9.90. The standard InChI is InChI=1S/C18H22N6O4/c1-18(16(25)26)7-8-23(10-18)17(27)19-12-5-6-14(28-2)13(9-12)24-15(11-3-4-11)20-21-22-24/h5-6,9,11H,3-4,7-8,10H2,1-2H3,(H,19,27)(H,25,26). The zero-order chi connectivity index (χ0) is 19.9. The molecule has 1 aromatic heterocycles. The van der Waals surface area contributed by atoms with Crippen molar-refractivity contribution in [1.82, 2.24) is 25.1 Å². The Bertz CT molecular complexity index is 925. The molecule has 10 nitrogen and oxygen atoms in total. The Labute approximate surface area is 161 Å². The van der Waals surface area contributed by atoms with Gasteiger partial charge in [0.1, 0.15) is 11.4 Å². The zero-order valence-corrected chi connectivity index (χ0v) is 15.8. The molecule has 2 aliphatic rings. The number of amides is 2. The summed E-state index contributed by atoms with van der Waals surface area (Å²) >= 11 is 0. The Kier molecular flexibility index (Phi) is 4.40. The molecule has 2 N–H and O–H groups in total.